The summed E-state index contributed by atoms with van der Waals surface area (Å²) < 4.78 is 2.19. The van der Waals surface area contributed by atoms with Crippen molar-refractivity contribution in [1.82, 2.24) is 19.8 Å². The fourth-order valence-corrected chi connectivity index (χ4v) is 4.49. The van der Waals surface area contributed by atoms with Crippen LogP contribution >= 0.6 is 35.7 Å². The fourth-order valence-electron chi connectivity index (χ4n) is 3.19. The third-order valence-corrected chi connectivity index (χ3v) is 6.29. The predicted molar refractivity (Wildman–Crippen MR) is 126 cm³/mol. The molecule has 1 N–H and O–H groups in total. The van der Waals surface area contributed by atoms with E-state index in [1.807, 2.05) is 25.5 Å². The van der Waals surface area contributed by atoms with E-state index in [1.165, 1.54) is 5.56 Å². The Morgan fingerprint density at radius 1 is 1.33 bits per heavy atom. The lowest BCUT2D eigenvalue weighted by atomic mass is 10.1. The predicted octanol–water partition coefficient (Wildman–Crippen LogP) is 3.70. The van der Waals surface area contributed by atoms with Crippen molar-refractivity contribution < 1.29 is 0 Å². The monoisotopic (exact) mass is 499 g/mol. The SMILES string of the molecule is CN=C(NCc1nccn1Cc1ccccc1)N1CCSC(C(C)C)C1.I. The van der Waals surface area contributed by atoms with Crippen molar-refractivity contribution >= 4 is 41.7 Å². The molecule has 1 aliphatic heterocycles. The summed E-state index contributed by atoms with van der Waals surface area (Å²) >= 11 is 2.08. The highest BCUT2D eigenvalue weighted by Gasteiger charge is 2.24. The van der Waals surface area contributed by atoms with E-state index >= 15 is 0 Å². The maximum absolute atomic E-state index is 4.53. The van der Waals surface area contributed by atoms with Crippen molar-refractivity contribution in [3.05, 3.63) is 54.1 Å². The van der Waals surface area contributed by atoms with Gasteiger partial charge in [0, 0.05) is 50.1 Å². The van der Waals surface area contributed by atoms with Gasteiger partial charge in [0.25, 0.3) is 0 Å². The number of thioether (sulfide) groups is 1. The van der Waals surface area contributed by atoms with E-state index in [2.05, 4.69) is 74.6 Å². The average Bonchev–Trinajstić information content (AvgIpc) is 3.10. The van der Waals surface area contributed by atoms with Gasteiger partial charge in [0.05, 0.1) is 6.54 Å². The molecule has 1 aromatic heterocycles. The number of hydrogen-bond donors (Lipinski definition) is 1. The van der Waals surface area contributed by atoms with Gasteiger partial charge in [0.15, 0.2) is 5.96 Å². The molecule has 1 atom stereocenters. The Balaban J connectivity index is 0.00000261. The Morgan fingerprint density at radius 3 is 2.81 bits per heavy atom. The van der Waals surface area contributed by atoms with Crippen LogP contribution in [-0.4, -0.2) is 51.6 Å². The van der Waals surface area contributed by atoms with E-state index in [4.69, 9.17) is 0 Å². The minimum absolute atomic E-state index is 0. The average molecular weight is 499 g/mol. The first-order valence-electron chi connectivity index (χ1n) is 9.28. The van der Waals surface area contributed by atoms with E-state index < -0.39 is 0 Å². The van der Waals surface area contributed by atoms with Gasteiger partial charge in [-0.1, -0.05) is 44.2 Å². The summed E-state index contributed by atoms with van der Waals surface area (Å²) in [5.74, 6) is 3.85. The number of nitrogens with zero attached hydrogens (tertiary/aromatic N) is 4. The molecule has 1 aliphatic rings. The van der Waals surface area contributed by atoms with Crippen molar-refractivity contribution in [2.45, 2.75) is 32.2 Å². The second-order valence-electron chi connectivity index (χ2n) is 6.96. The maximum atomic E-state index is 4.53. The van der Waals surface area contributed by atoms with Gasteiger partial charge in [-0.25, -0.2) is 4.98 Å². The minimum Gasteiger partial charge on any atom is -0.349 e. The summed E-state index contributed by atoms with van der Waals surface area (Å²) in [6.45, 7) is 8.23. The number of rotatable bonds is 5. The van der Waals surface area contributed by atoms with Gasteiger partial charge in [0.2, 0.25) is 0 Å². The van der Waals surface area contributed by atoms with Gasteiger partial charge in [-0.05, 0) is 11.5 Å². The number of aliphatic imine (C=N–C) groups is 1. The third-order valence-electron chi connectivity index (χ3n) is 4.75. The van der Waals surface area contributed by atoms with Gasteiger partial charge in [-0.3, -0.25) is 4.99 Å². The van der Waals surface area contributed by atoms with Crippen LogP contribution in [-0.2, 0) is 13.1 Å². The van der Waals surface area contributed by atoms with E-state index in [0.717, 1.165) is 37.2 Å². The van der Waals surface area contributed by atoms with Crippen LogP contribution in [0, 0.1) is 5.92 Å². The molecule has 1 fully saturated rings. The van der Waals surface area contributed by atoms with Gasteiger partial charge >= 0.3 is 0 Å². The van der Waals surface area contributed by atoms with E-state index in [-0.39, 0.29) is 24.0 Å². The highest BCUT2D eigenvalue weighted by Crippen LogP contribution is 2.24. The molecule has 148 valence electrons. The summed E-state index contributed by atoms with van der Waals surface area (Å²) in [6.07, 6.45) is 3.91. The largest absolute Gasteiger partial charge is 0.349 e. The molecule has 0 aliphatic carbocycles. The van der Waals surface area contributed by atoms with Crippen LogP contribution in [0.3, 0.4) is 0 Å². The van der Waals surface area contributed by atoms with Crippen LogP contribution in [0.1, 0.15) is 25.2 Å². The maximum Gasteiger partial charge on any atom is 0.194 e. The molecule has 0 bridgehead atoms. The first-order valence-corrected chi connectivity index (χ1v) is 10.3. The zero-order chi connectivity index (χ0) is 18.4. The quantitative estimate of drug-likeness (QED) is 0.387. The van der Waals surface area contributed by atoms with Crippen molar-refractivity contribution in [3.8, 4) is 0 Å². The number of imidazole rings is 1. The van der Waals surface area contributed by atoms with Crippen molar-refractivity contribution in [1.29, 1.82) is 0 Å². The summed E-state index contributed by atoms with van der Waals surface area (Å²) in [6, 6.07) is 10.5. The van der Waals surface area contributed by atoms with Crippen LogP contribution in [0.5, 0.6) is 0 Å². The molecule has 0 spiro atoms. The molecule has 2 aromatic rings. The smallest absolute Gasteiger partial charge is 0.194 e. The summed E-state index contributed by atoms with van der Waals surface area (Å²) in [5, 5.41) is 4.18. The lowest BCUT2D eigenvalue weighted by Crippen LogP contribution is -2.49. The van der Waals surface area contributed by atoms with E-state index in [1.54, 1.807) is 0 Å². The molecular weight excluding hydrogens is 469 g/mol. The second-order valence-corrected chi connectivity index (χ2v) is 8.30. The number of aromatic nitrogens is 2. The van der Waals surface area contributed by atoms with E-state index in [9.17, 15) is 0 Å². The summed E-state index contributed by atoms with van der Waals surface area (Å²) in [7, 11) is 1.87. The molecule has 3 rings (SSSR count). The topological polar surface area (TPSA) is 45.5 Å². The summed E-state index contributed by atoms with van der Waals surface area (Å²) in [5.41, 5.74) is 1.28. The number of benzene rings is 1. The first-order chi connectivity index (χ1) is 12.7. The molecule has 1 unspecified atom stereocenters. The zero-order valence-electron chi connectivity index (χ0n) is 16.3. The highest BCUT2D eigenvalue weighted by molar-refractivity contribution is 14.0. The second kappa shape index (κ2) is 10.9. The number of halogens is 1. The van der Waals surface area contributed by atoms with Crippen molar-refractivity contribution in [3.63, 3.8) is 0 Å². The molecule has 0 radical (unpaired) electrons. The lowest BCUT2D eigenvalue weighted by molar-refractivity contribution is 0.380. The molecule has 5 nitrogen and oxygen atoms in total. The first kappa shape index (κ1) is 22.1. The number of guanidine groups is 1. The number of hydrogen-bond acceptors (Lipinski definition) is 3. The molecule has 2 heterocycles. The fraction of sp³-hybridized carbons (Fsp3) is 0.500. The standard InChI is InChI=1S/C20H29N5S.HI/c1-16(2)18-15-25(11-12-26-18)20(21-3)23-13-19-22-9-10-24(19)14-17-7-5-4-6-8-17;/h4-10,16,18H,11-15H2,1-3H3,(H,21,23);1H. The Bertz CT molecular complexity index is 716. The lowest BCUT2D eigenvalue weighted by Gasteiger charge is -2.36. The van der Waals surface area contributed by atoms with Gasteiger partial charge < -0.3 is 14.8 Å². The van der Waals surface area contributed by atoms with Crippen LogP contribution < -0.4 is 5.32 Å². The Kier molecular flexibility index (Phi) is 8.95. The van der Waals surface area contributed by atoms with Crippen LogP contribution in [0.2, 0.25) is 0 Å². The molecule has 1 saturated heterocycles. The highest BCUT2D eigenvalue weighted by atomic mass is 127. The Hall–Kier alpha value is -1.22. The normalized spacial score (nSPS) is 17.7. The molecule has 7 heteroatoms. The molecule has 1 aromatic carbocycles. The minimum atomic E-state index is 0. The zero-order valence-corrected chi connectivity index (χ0v) is 19.5. The van der Waals surface area contributed by atoms with Crippen LogP contribution in [0.15, 0.2) is 47.7 Å². The van der Waals surface area contributed by atoms with Gasteiger partial charge in [0.1, 0.15) is 5.82 Å². The van der Waals surface area contributed by atoms with Gasteiger partial charge in [-0.2, -0.15) is 11.8 Å². The van der Waals surface area contributed by atoms with Crippen molar-refractivity contribution in [2.75, 3.05) is 25.9 Å². The number of nitrogens with one attached hydrogen (secondary N) is 1. The van der Waals surface area contributed by atoms with Crippen molar-refractivity contribution in [2.24, 2.45) is 10.9 Å². The summed E-state index contributed by atoms with van der Waals surface area (Å²) in [4.78, 5) is 11.4. The van der Waals surface area contributed by atoms with Gasteiger partial charge in [-0.15, -0.1) is 24.0 Å². The molecule has 0 saturated carbocycles. The Labute approximate surface area is 184 Å². The van der Waals surface area contributed by atoms with Crippen LogP contribution in [0.4, 0.5) is 0 Å². The van der Waals surface area contributed by atoms with E-state index in [0.29, 0.717) is 17.7 Å². The Morgan fingerprint density at radius 2 is 2.11 bits per heavy atom. The van der Waals surface area contributed by atoms with Crippen LogP contribution in [0.25, 0.3) is 0 Å². The molecule has 0 amide bonds. The molecular formula is C20H30IN5S. The third kappa shape index (κ3) is 6.14. The molecule has 27 heavy (non-hydrogen) atoms.